The normalized spacial score (nSPS) is 21.3. The average molecular weight is 214 g/mol. The van der Waals surface area contributed by atoms with Gasteiger partial charge in [-0.15, -0.1) is 0 Å². The zero-order chi connectivity index (χ0) is 11.2. The van der Waals surface area contributed by atoms with Gasteiger partial charge in [0.05, 0.1) is 0 Å². The number of ketones is 1. The molecular formula is C15H18O. The Bertz CT molecular complexity index is 441. The second-order valence-electron chi connectivity index (χ2n) is 5.54. The molecule has 0 aliphatic heterocycles. The van der Waals surface area contributed by atoms with E-state index in [2.05, 4.69) is 12.1 Å². The standard InChI is InChI=1S/C15H18O/c1-11(16)13-3-2-12-4-6-15(8-9-15)7-5-14(12)10-13/h2-3,10H,4-9H2,1H3. The zero-order valence-corrected chi connectivity index (χ0v) is 9.88. The van der Waals surface area contributed by atoms with Crippen molar-refractivity contribution < 1.29 is 4.79 Å². The molecule has 16 heavy (non-hydrogen) atoms. The molecule has 1 aromatic carbocycles. The molecule has 0 unspecified atom stereocenters. The quantitative estimate of drug-likeness (QED) is 0.653. The Morgan fingerprint density at radius 2 is 1.75 bits per heavy atom. The Morgan fingerprint density at radius 3 is 2.38 bits per heavy atom. The fraction of sp³-hybridized carbons (Fsp3) is 0.533. The molecule has 0 N–H and O–H groups in total. The molecule has 1 nitrogen and oxygen atoms in total. The van der Waals surface area contributed by atoms with E-state index in [0.717, 1.165) is 5.56 Å². The highest BCUT2D eigenvalue weighted by atomic mass is 16.1. The lowest BCUT2D eigenvalue weighted by molar-refractivity contribution is 0.101. The fourth-order valence-corrected chi connectivity index (χ4v) is 2.92. The number of fused-ring (bicyclic) bond motifs is 1. The van der Waals surface area contributed by atoms with Crippen molar-refractivity contribution in [3.8, 4) is 0 Å². The molecule has 2 aliphatic rings. The van der Waals surface area contributed by atoms with E-state index in [0.29, 0.717) is 5.41 Å². The first-order valence-electron chi connectivity index (χ1n) is 6.31. The van der Waals surface area contributed by atoms with E-state index in [-0.39, 0.29) is 5.78 Å². The van der Waals surface area contributed by atoms with E-state index in [1.165, 1.54) is 49.7 Å². The average Bonchev–Trinajstić information content (AvgIpc) is 3.07. The fourth-order valence-electron chi connectivity index (χ4n) is 2.92. The zero-order valence-electron chi connectivity index (χ0n) is 9.88. The molecule has 0 aromatic heterocycles. The first-order valence-corrected chi connectivity index (χ1v) is 6.31. The summed E-state index contributed by atoms with van der Waals surface area (Å²) in [5, 5.41) is 0. The molecular weight excluding hydrogens is 196 g/mol. The highest BCUT2D eigenvalue weighted by Gasteiger charge is 2.42. The monoisotopic (exact) mass is 214 g/mol. The Labute approximate surface area is 96.9 Å². The van der Waals surface area contributed by atoms with Crippen molar-refractivity contribution in [3.05, 3.63) is 34.9 Å². The topological polar surface area (TPSA) is 17.1 Å². The molecule has 1 heteroatoms. The Balaban J connectivity index is 1.92. The highest BCUT2D eigenvalue weighted by molar-refractivity contribution is 5.94. The molecule has 1 fully saturated rings. The van der Waals surface area contributed by atoms with E-state index in [9.17, 15) is 4.79 Å². The van der Waals surface area contributed by atoms with E-state index in [1.54, 1.807) is 6.92 Å². The van der Waals surface area contributed by atoms with Crippen LogP contribution in [0.25, 0.3) is 0 Å². The van der Waals surface area contributed by atoms with Crippen LogP contribution in [0.3, 0.4) is 0 Å². The molecule has 3 rings (SSSR count). The Kier molecular flexibility index (Phi) is 2.17. The molecule has 0 saturated heterocycles. The van der Waals surface area contributed by atoms with Crippen molar-refractivity contribution in [2.75, 3.05) is 0 Å². The first kappa shape index (κ1) is 10.1. The predicted molar refractivity (Wildman–Crippen MR) is 64.8 cm³/mol. The number of benzene rings is 1. The van der Waals surface area contributed by atoms with Gasteiger partial charge in [-0.05, 0) is 68.1 Å². The molecule has 84 valence electrons. The van der Waals surface area contributed by atoms with Crippen LogP contribution in [0.4, 0.5) is 0 Å². The number of carbonyl (C=O) groups excluding carboxylic acids is 1. The molecule has 2 aliphatic carbocycles. The lowest BCUT2D eigenvalue weighted by Gasteiger charge is -2.08. The van der Waals surface area contributed by atoms with Crippen molar-refractivity contribution >= 4 is 5.78 Å². The number of hydrogen-bond donors (Lipinski definition) is 0. The summed E-state index contributed by atoms with van der Waals surface area (Å²) in [6, 6.07) is 6.29. The minimum Gasteiger partial charge on any atom is -0.295 e. The van der Waals surface area contributed by atoms with Crippen LogP contribution in [0, 0.1) is 5.41 Å². The lowest BCUT2D eigenvalue weighted by atomic mass is 9.96. The third kappa shape index (κ3) is 1.68. The van der Waals surface area contributed by atoms with Gasteiger partial charge < -0.3 is 0 Å². The summed E-state index contributed by atoms with van der Waals surface area (Å²) in [5.41, 5.74) is 4.48. The maximum absolute atomic E-state index is 11.4. The van der Waals surface area contributed by atoms with Gasteiger partial charge in [-0.3, -0.25) is 4.79 Å². The number of hydrogen-bond acceptors (Lipinski definition) is 1. The van der Waals surface area contributed by atoms with Crippen LogP contribution >= 0.6 is 0 Å². The van der Waals surface area contributed by atoms with E-state index < -0.39 is 0 Å². The lowest BCUT2D eigenvalue weighted by Crippen LogP contribution is -1.99. The largest absolute Gasteiger partial charge is 0.295 e. The summed E-state index contributed by atoms with van der Waals surface area (Å²) >= 11 is 0. The predicted octanol–water partition coefficient (Wildman–Crippen LogP) is 3.55. The Hall–Kier alpha value is -1.11. The maximum atomic E-state index is 11.4. The maximum Gasteiger partial charge on any atom is 0.159 e. The third-order valence-electron chi connectivity index (χ3n) is 4.42. The van der Waals surface area contributed by atoms with Gasteiger partial charge in [0.15, 0.2) is 5.78 Å². The summed E-state index contributed by atoms with van der Waals surface area (Å²) in [5.74, 6) is 0.188. The molecule has 0 amide bonds. The molecule has 1 saturated carbocycles. The van der Waals surface area contributed by atoms with Gasteiger partial charge in [-0.2, -0.15) is 0 Å². The SMILES string of the molecule is CC(=O)c1ccc2c(c1)CCC1(CC2)CC1. The van der Waals surface area contributed by atoms with Gasteiger partial charge >= 0.3 is 0 Å². The van der Waals surface area contributed by atoms with E-state index >= 15 is 0 Å². The van der Waals surface area contributed by atoms with Crippen LogP contribution in [0.2, 0.25) is 0 Å². The van der Waals surface area contributed by atoms with Gasteiger partial charge in [0.2, 0.25) is 0 Å². The van der Waals surface area contributed by atoms with Crippen LogP contribution in [-0.2, 0) is 12.8 Å². The number of Topliss-reactive ketones (excluding diaryl/α,β-unsaturated/α-hetero) is 1. The number of carbonyl (C=O) groups is 1. The van der Waals surface area contributed by atoms with Gasteiger partial charge in [0, 0.05) is 5.56 Å². The third-order valence-corrected chi connectivity index (χ3v) is 4.42. The van der Waals surface area contributed by atoms with Crippen molar-refractivity contribution in [1.82, 2.24) is 0 Å². The van der Waals surface area contributed by atoms with E-state index in [1.807, 2.05) is 6.07 Å². The second kappa shape index (κ2) is 3.44. The molecule has 0 bridgehead atoms. The number of aryl methyl sites for hydroxylation is 2. The summed E-state index contributed by atoms with van der Waals surface area (Å²) < 4.78 is 0. The summed E-state index contributed by atoms with van der Waals surface area (Å²) in [4.78, 5) is 11.4. The summed E-state index contributed by atoms with van der Waals surface area (Å²) in [7, 11) is 0. The van der Waals surface area contributed by atoms with Gasteiger partial charge in [0.1, 0.15) is 0 Å². The van der Waals surface area contributed by atoms with E-state index in [4.69, 9.17) is 0 Å². The van der Waals surface area contributed by atoms with Crippen LogP contribution < -0.4 is 0 Å². The minimum absolute atomic E-state index is 0.188. The van der Waals surface area contributed by atoms with Gasteiger partial charge in [0.25, 0.3) is 0 Å². The van der Waals surface area contributed by atoms with Crippen LogP contribution in [0.5, 0.6) is 0 Å². The molecule has 0 radical (unpaired) electrons. The van der Waals surface area contributed by atoms with Crippen molar-refractivity contribution in [3.63, 3.8) is 0 Å². The minimum atomic E-state index is 0.188. The second-order valence-corrected chi connectivity index (χ2v) is 5.54. The summed E-state index contributed by atoms with van der Waals surface area (Å²) in [6.07, 6.45) is 7.95. The van der Waals surface area contributed by atoms with Gasteiger partial charge in [-0.1, -0.05) is 12.1 Å². The van der Waals surface area contributed by atoms with Crippen molar-refractivity contribution in [2.45, 2.75) is 45.4 Å². The Morgan fingerprint density at radius 1 is 1.06 bits per heavy atom. The van der Waals surface area contributed by atoms with Crippen molar-refractivity contribution in [2.24, 2.45) is 5.41 Å². The molecule has 1 aromatic rings. The van der Waals surface area contributed by atoms with Crippen LogP contribution in [0.1, 0.15) is 54.1 Å². The molecule has 1 spiro atoms. The molecule has 0 atom stereocenters. The van der Waals surface area contributed by atoms with Crippen LogP contribution in [0.15, 0.2) is 18.2 Å². The van der Waals surface area contributed by atoms with Crippen molar-refractivity contribution in [1.29, 1.82) is 0 Å². The summed E-state index contributed by atoms with van der Waals surface area (Å²) in [6.45, 7) is 1.65. The highest BCUT2D eigenvalue weighted by Crippen LogP contribution is 2.54. The van der Waals surface area contributed by atoms with Crippen LogP contribution in [-0.4, -0.2) is 5.78 Å². The first-order chi connectivity index (χ1) is 7.69. The smallest absolute Gasteiger partial charge is 0.159 e. The molecule has 0 heterocycles. The number of rotatable bonds is 1. The van der Waals surface area contributed by atoms with Gasteiger partial charge in [-0.25, -0.2) is 0 Å².